The van der Waals surface area contributed by atoms with Crippen molar-refractivity contribution < 1.29 is 0 Å². The van der Waals surface area contributed by atoms with Crippen molar-refractivity contribution in [1.29, 1.82) is 0 Å². The molecule has 1 fully saturated rings. The van der Waals surface area contributed by atoms with Crippen molar-refractivity contribution in [3.63, 3.8) is 0 Å². The predicted molar refractivity (Wildman–Crippen MR) is 52.7 cm³/mol. The van der Waals surface area contributed by atoms with E-state index in [1.807, 2.05) is 0 Å². The summed E-state index contributed by atoms with van der Waals surface area (Å²) in [6.45, 7) is 2.23. The van der Waals surface area contributed by atoms with Crippen LogP contribution in [0.1, 0.15) is 38.4 Å². The van der Waals surface area contributed by atoms with E-state index in [1.54, 1.807) is 0 Å². The Kier molecular flexibility index (Phi) is 2.19. The smallest absolute Gasteiger partial charge is 0.319 e. The Morgan fingerprint density at radius 3 is 2.64 bits per heavy atom. The summed E-state index contributed by atoms with van der Waals surface area (Å²) in [6.07, 6.45) is 4.00. The van der Waals surface area contributed by atoms with Gasteiger partial charge in [-0.05, 0) is 31.6 Å². The topological polar surface area (TPSA) is 87.6 Å². The standard InChI is InChI=1S/C9H16N4O/c1-6-2-4-9(10,5-3-6)7-11-8(14)13-12-7/h6H,2-5,10H2,1H3,(H2,11,12,13,14). The van der Waals surface area contributed by atoms with Gasteiger partial charge in [0.05, 0.1) is 5.54 Å². The fourth-order valence-corrected chi connectivity index (χ4v) is 2.02. The van der Waals surface area contributed by atoms with Crippen molar-refractivity contribution >= 4 is 0 Å². The molecule has 0 unspecified atom stereocenters. The lowest BCUT2D eigenvalue weighted by atomic mass is 9.77. The normalized spacial score (nSPS) is 33.1. The fraction of sp³-hybridized carbons (Fsp3) is 0.778. The summed E-state index contributed by atoms with van der Waals surface area (Å²) in [5.74, 6) is 1.34. The van der Waals surface area contributed by atoms with E-state index in [0.29, 0.717) is 5.82 Å². The van der Waals surface area contributed by atoms with Crippen molar-refractivity contribution in [3.8, 4) is 0 Å². The van der Waals surface area contributed by atoms with Crippen LogP contribution in [-0.4, -0.2) is 15.2 Å². The molecule has 0 bridgehead atoms. The van der Waals surface area contributed by atoms with Gasteiger partial charge in [-0.25, -0.2) is 9.89 Å². The molecule has 1 aromatic heterocycles. The van der Waals surface area contributed by atoms with Gasteiger partial charge in [0, 0.05) is 0 Å². The van der Waals surface area contributed by atoms with Crippen LogP contribution in [0.2, 0.25) is 0 Å². The van der Waals surface area contributed by atoms with Crippen molar-refractivity contribution in [3.05, 3.63) is 16.3 Å². The number of nitrogens with one attached hydrogen (secondary N) is 2. The molecule has 4 N–H and O–H groups in total. The van der Waals surface area contributed by atoms with E-state index in [2.05, 4.69) is 22.1 Å². The van der Waals surface area contributed by atoms with Crippen LogP contribution in [-0.2, 0) is 5.54 Å². The molecule has 1 aliphatic carbocycles. The number of nitrogens with zero attached hydrogens (tertiary/aromatic N) is 1. The third-order valence-electron chi connectivity index (χ3n) is 3.14. The van der Waals surface area contributed by atoms with E-state index in [9.17, 15) is 4.79 Å². The average Bonchev–Trinajstić information content (AvgIpc) is 2.58. The molecule has 2 rings (SSSR count). The van der Waals surface area contributed by atoms with Gasteiger partial charge < -0.3 is 5.73 Å². The largest absolute Gasteiger partial charge is 0.340 e. The van der Waals surface area contributed by atoms with Gasteiger partial charge in [-0.3, -0.25) is 4.98 Å². The van der Waals surface area contributed by atoms with Crippen molar-refractivity contribution in [1.82, 2.24) is 15.2 Å². The van der Waals surface area contributed by atoms with Gasteiger partial charge in [0.2, 0.25) is 0 Å². The summed E-state index contributed by atoms with van der Waals surface area (Å²) in [6, 6.07) is 0. The van der Waals surface area contributed by atoms with Gasteiger partial charge in [-0.1, -0.05) is 6.92 Å². The maximum absolute atomic E-state index is 10.9. The lowest BCUT2D eigenvalue weighted by Crippen LogP contribution is -2.41. The molecule has 0 atom stereocenters. The van der Waals surface area contributed by atoms with E-state index in [1.165, 1.54) is 0 Å². The lowest BCUT2D eigenvalue weighted by molar-refractivity contribution is 0.237. The molecule has 1 aromatic rings. The van der Waals surface area contributed by atoms with Crippen LogP contribution in [0.3, 0.4) is 0 Å². The van der Waals surface area contributed by atoms with E-state index >= 15 is 0 Å². The maximum Gasteiger partial charge on any atom is 0.340 e. The number of aromatic amines is 2. The molecule has 0 amide bonds. The monoisotopic (exact) mass is 196 g/mol. The molecule has 0 aliphatic heterocycles. The lowest BCUT2D eigenvalue weighted by Gasteiger charge is -2.33. The highest BCUT2D eigenvalue weighted by atomic mass is 16.1. The Hall–Kier alpha value is -1.10. The minimum absolute atomic E-state index is 0.275. The van der Waals surface area contributed by atoms with E-state index in [4.69, 9.17) is 5.73 Å². The second-order valence-corrected chi connectivity index (χ2v) is 4.36. The summed E-state index contributed by atoms with van der Waals surface area (Å²) < 4.78 is 0. The molecular weight excluding hydrogens is 180 g/mol. The highest BCUT2D eigenvalue weighted by molar-refractivity contribution is 5.04. The second-order valence-electron chi connectivity index (χ2n) is 4.36. The first-order valence-corrected chi connectivity index (χ1v) is 5.04. The third kappa shape index (κ3) is 1.59. The Morgan fingerprint density at radius 2 is 2.14 bits per heavy atom. The predicted octanol–water partition coefficient (Wildman–Crippen LogP) is 0.462. The molecular formula is C9H16N4O. The summed E-state index contributed by atoms with van der Waals surface area (Å²) in [5, 5.41) is 6.28. The van der Waals surface area contributed by atoms with Crippen LogP contribution in [0.4, 0.5) is 0 Å². The average molecular weight is 196 g/mol. The third-order valence-corrected chi connectivity index (χ3v) is 3.14. The van der Waals surface area contributed by atoms with Crippen LogP contribution >= 0.6 is 0 Å². The summed E-state index contributed by atoms with van der Waals surface area (Å²) in [5.41, 5.74) is 5.50. The SMILES string of the molecule is CC1CCC(N)(c2n[nH]c(=O)[nH]2)CC1. The molecule has 1 aliphatic rings. The minimum Gasteiger partial charge on any atom is -0.319 e. The van der Waals surface area contributed by atoms with Crippen LogP contribution in [0.15, 0.2) is 4.79 Å². The number of rotatable bonds is 1. The molecule has 1 saturated carbocycles. The summed E-state index contributed by atoms with van der Waals surface area (Å²) >= 11 is 0. The zero-order chi connectivity index (χ0) is 10.2. The van der Waals surface area contributed by atoms with Gasteiger partial charge >= 0.3 is 5.69 Å². The first kappa shape index (κ1) is 9.45. The first-order valence-electron chi connectivity index (χ1n) is 5.04. The van der Waals surface area contributed by atoms with E-state index in [0.717, 1.165) is 31.6 Å². The number of aromatic nitrogens is 3. The van der Waals surface area contributed by atoms with Crippen molar-refractivity contribution in [2.75, 3.05) is 0 Å². The Bertz CT molecular complexity index is 359. The number of nitrogens with two attached hydrogens (primary N) is 1. The van der Waals surface area contributed by atoms with Crippen LogP contribution in [0.25, 0.3) is 0 Å². The highest BCUT2D eigenvalue weighted by Crippen LogP contribution is 2.35. The zero-order valence-electron chi connectivity index (χ0n) is 8.34. The molecule has 5 heteroatoms. The second kappa shape index (κ2) is 3.24. The van der Waals surface area contributed by atoms with Gasteiger partial charge in [0.15, 0.2) is 5.82 Å². The van der Waals surface area contributed by atoms with Gasteiger partial charge in [-0.15, -0.1) is 0 Å². The molecule has 14 heavy (non-hydrogen) atoms. The molecule has 0 radical (unpaired) electrons. The quantitative estimate of drug-likeness (QED) is 0.609. The van der Waals surface area contributed by atoms with Gasteiger partial charge in [0.25, 0.3) is 0 Å². The van der Waals surface area contributed by atoms with Gasteiger partial charge in [0.1, 0.15) is 0 Å². The summed E-state index contributed by atoms with van der Waals surface area (Å²) in [4.78, 5) is 13.6. The fourth-order valence-electron chi connectivity index (χ4n) is 2.02. The number of hydrogen-bond acceptors (Lipinski definition) is 3. The minimum atomic E-state index is -0.425. The first-order chi connectivity index (χ1) is 6.60. The Morgan fingerprint density at radius 1 is 1.50 bits per heavy atom. The summed E-state index contributed by atoms with van der Waals surface area (Å²) in [7, 11) is 0. The van der Waals surface area contributed by atoms with E-state index in [-0.39, 0.29) is 5.69 Å². The van der Waals surface area contributed by atoms with Crippen molar-refractivity contribution in [2.45, 2.75) is 38.1 Å². The molecule has 0 spiro atoms. The molecule has 5 nitrogen and oxygen atoms in total. The number of hydrogen-bond donors (Lipinski definition) is 3. The molecule has 0 saturated heterocycles. The van der Waals surface area contributed by atoms with Crippen molar-refractivity contribution in [2.24, 2.45) is 11.7 Å². The van der Waals surface area contributed by atoms with Crippen LogP contribution in [0, 0.1) is 5.92 Å². The zero-order valence-corrected chi connectivity index (χ0v) is 8.34. The molecule has 1 heterocycles. The van der Waals surface area contributed by atoms with Gasteiger partial charge in [-0.2, -0.15) is 5.10 Å². The molecule has 78 valence electrons. The number of H-pyrrole nitrogens is 2. The molecule has 0 aromatic carbocycles. The Labute approximate surface area is 82.1 Å². The highest BCUT2D eigenvalue weighted by Gasteiger charge is 2.34. The Balaban J connectivity index is 2.20. The van der Waals surface area contributed by atoms with E-state index < -0.39 is 5.54 Å². The van der Waals surface area contributed by atoms with Crippen LogP contribution in [0.5, 0.6) is 0 Å². The maximum atomic E-state index is 10.9. The van der Waals surface area contributed by atoms with Crippen LogP contribution < -0.4 is 11.4 Å².